The fourth-order valence-corrected chi connectivity index (χ4v) is 1.85. The summed E-state index contributed by atoms with van der Waals surface area (Å²) in [5, 5.41) is 0.475. The number of carbonyl (C=O) groups is 2. The van der Waals surface area contributed by atoms with Gasteiger partial charge in [-0.25, -0.2) is 0 Å². The second-order valence-corrected chi connectivity index (χ2v) is 4.88. The quantitative estimate of drug-likeness (QED) is 0.783. The summed E-state index contributed by atoms with van der Waals surface area (Å²) in [5.74, 6) is -0.406. The second-order valence-electron chi connectivity index (χ2n) is 4.45. The predicted molar refractivity (Wildman–Crippen MR) is 76.2 cm³/mol. The normalized spacial score (nSPS) is 10.3. The molecule has 0 fully saturated rings. The van der Waals surface area contributed by atoms with Crippen molar-refractivity contribution in [3.8, 4) is 5.75 Å². The van der Waals surface area contributed by atoms with Crippen LogP contribution in [0.25, 0.3) is 0 Å². The lowest BCUT2D eigenvalue weighted by Gasteiger charge is -2.26. The summed E-state index contributed by atoms with van der Waals surface area (Å²) >= 11 is 5.87. The first kappa shape index (κ1) is 16.3. The van der Waals surface area contributed by atoms with Crippen LogP contribution in [0.4, 0.5) is 0 Å². The van der Waals surface area contributed by atoms with Crippen molar-refractivity contribution in [3.05, 3.63) is 28.8 Å². The Morgan fingerprint density at radius 2 is 1.95 bits per heavy atom. The van der Waals surface area contributed by atoms with Crippen LogP contribution in [0.2, 0.25) is 5.02 Å². The highest BCUT2D eigenvalue weighted by atomic mass is 35.5. The molecule has 0 radical (unpaired) electrons. The average Bonchev–Trinajstić information content (AvgIpc) is 2.43. The zero-order valence-electron chi connectivity index (χ0n) is 12.0. The number of methoxy groups -OCH3 is 2. The summed E-state index contributed by atoms with van der Waals surface area (Å²) in [6, 6.07) is 4.59. The summed E-state index contributed by atoms with van der Waals surface area (Å²) in [6.07, 6.45) is 0. The third-order valence-corrected chi connectivity index (χ3v) is 3.04. The Morgan fingerprint density at radius 1 is 1.30 bits per heavy atom. The first-order valence-electron chi connectivity index (χ1n) is 6.12. The molecule has 0 spiro atoms. The van der Waals surface area contributed by atoms with E-state index in [0.29, 0.717) is 16.3 Å². The Bertz CT molecular complexity index is 502. The van der Waals surface area contributed by atoms with Gasteiger partial charge in [-0.3, -0.25) is 9.59 Å². The van der Waals surface area contributed by atoms with Crippen LogP contribution >= 0.6 is 11.6 Å². The summed E-state index contributed by atoms with van der Waals surface area (Å²) in [5.41, 5.74) is 0.356. The van der Waals surface area contributed by atoms with Gasteiger partial charge in [0.2, 0.25) is 0 Å². The number of esters is 1. The third-order valence-electron chi connectivity index (χ3n) is 2.81. The SMILES string of the molecule is COC(=O)CN(C(=O)c1ccc(Cl)cc1OC)C(C)C. The number of nitrogens with zero attached hydrogens (tertiary/aromatic N) is 1. The first-order chi connectivity index (χ1) is 9.40. The van der Waals surface area contributed by atoms with Crippen molar-refractivity contribution in [1.29, 1.82) is 0 Å². The van der Waals surface area contributed by atoms with E-state index in [9.17, 15) is 9.59 Å². The van der Waals surface area contributed by atoms with Gasteiger partial charge in [-0.1, -0.05) is 11.6 Å². The number of hydrogen-bond donors (Lipinski definition) is 0. The fourth-order valence-electron chi connectivity index (χ4n) is 1.69. The van der Waals surface area contributed by atoms with Crippen LogP contribution in [0.15, 0.2) is 18.2 Å². The average molecular weight is 300 g/mol. The van der Waals surface area contributed by atoms with Crippen molar-refractivity contribution in [2.45, 2.75) is 19.9 Å². The van der Waals surface area contributed by atoms with Gasteiger partial charge in [0.25, 0.3) is 5.91 Å². The number of benzene rings is 1. The molecule has 1 amide bonds. The zero-order valence-corrected chi connectivity index (χ0v) is 12.7. The van der Waals surface area contributed by atoms with E-state index in [4.69, 9.17) is 16.3 Å². The van der Waals surface area contributed by atoms with Crippen molar-refractivity contribution in [1.82, 2.24) is 4.90 Å². The third kappa shape index (κ3) is 3.87. The number of amides is 1. The van der Waals surface area contributed by atoms with Crippen molar-refractivity contribution in [2.75, 3.05) is 20.8 Å². The minimum atomic E-state index is -0.472. The molecule has 1 rings (SSSR count). The lowest BCUT2D eigenvalue weighted by Crippen LogP contribution is -2.41. The zero-order chi connectivity index (χ0) is 15.3. The number of carbonyl (C=O) groups excluding carboxylic acids is 2. The monoisotopic (exact) mass is 299 g/mol. The Hall–Kier alpha value is -1.75. The van der Waals surface area contributed by atoms with Crippen molar-refractivity contribution < 1.29 is 19.1 Å². The van der Waals surface area contributed by atoms with E-state index in [-0.39, 0.29) is 18.5 Å². The van der Waals surface area contributed by atoms with Gasteiger partial charge in [0.1, 0.15) is 12.3 Å². The molecule has 0 heterocycles. The smallest absolute Gasteiger partial charge is 0.325 e. The van der Waals surface area contributed by atoms with E-state index in [1.807, 2.05) is 13.8 Å². The number of rotatable bonds is 5. The number of halogens is 1. The lowest BCUT2D eigenvalue weighted by molar-refractivity contribution is -0.141. The van der Waals surface area contributed by atoms with Crippen LogP contribution in [0.5, 0.6) is 5.75 Å². The molecule has 0 saturated carbocycles. The molecule has 0 atom stereocenters. The molecule has 0 aliphatic rings. The number of ether oxygens (including phenoxy) is 2. The molecular formula is C14H18ClNO4. The molecule has 0 aliphatic heterocycles. The Balaban J connectivity index is 3.09. The molecule has 0 N–H and O–H groups in total. The minimum Gasteiger partial charge on any atom is -0.496 e. The van der Waals surface area contributed by atoms with Crippen LogP contribution < -0.4 is 4.74 Å². The van der Waals surface area contributed by atoms with Gasteiger partial charge < -0.3 is 14.4 Å². The van der Waals surface area contributed by atoms with Crippen LogP contribution in [0.1, 0.15) is 24.2 Å². The number of hydrogen-bond acceptors (Lipinski definition) is 4. The Kier molecular flexibility index (Phi) is 5.82. The van der Waals surface area contributed by atoms with Gasteiger partial charge in [-0.15, -0.1) is 0 Å². The molecular weight excluding hydrogens is 282 g/mol. The summed E-state index contributed by atoms with van der Waals surface area (Å²) in [7, 11) is 2.75. The van der Waals surface area contributed by atoms with E-state index in [0.717, 1.165) is 0 Å². The molecule has 0 unspecified atom stereocenters. The molecule has 5 nitrogen and oxygen atoms in total. The Labute approximate surface area is 123 Å². The summed E-state index contributed by atoms with van der Waals surface area (Å²) in [6.45, 7) is 3.53. The van der Waals surface area contributed by atoms with Gasteiger partial charge in [0.05, 0.1) is 19.8 Å². The second kappa shape index (κ2) is 7.14. The van der Waals surface area contributed by atoms with Crippen LogP contribution in [0.3, 0.4) is 0 Å². The predicted octanol–water partition coefficient (Wildman–Crippen LogP) is 2.37. The highest BCUT2D eigenvalue weighted by molar-refractivity contribution is 6.30. The highest BCUT2D eigenvalue weighted by Gasteiger charge is 2.24. The molecule has 110 valence electrons. The van der Waals surface area contributed by atoms with E-state index >= 15 is 0 Å². The van der Waals surface area contributed by atoms with Crippen LogP contribution in [-0.2, 0) is 9.53 Å². The molecule has 6 heteroatoms. The van der Waals surface area contributed by atoms with Gasteiger partial charge in [0, 0.05) is 11.1 Å². The van der Waals surface area contributed by atoms with E-state index < -0.39 is 5.97 Å². The van der Waals surface area contributed by atoms with Gasteiger partial charge in [0.15, 0.2) is 0 Å². The van der Waals surface area contributed by atoms with Gasteiger partial charge in [-0.2, -0.15) is 0 Å². The maximum Gasteiger partial charge on any atom is 0.325 e. The van der Waals surface area contributed by atoms with Crippen molar-refractivity contribution >= 4 is 23.5 Å². The molecule has 0 bridgehead atoms. The van der Waals surface area contributed by atoms with Crippen molar-refractivity contribution in [3.63, 3.8) is 0 Å². The summed E-state index contributed by atoms with van der Waals surface area (Å²) < 4.78 is 9.77. The standard InChI is InChI=1S/C14H18ClNO4/c1-9(2)16(8-13(17)20-4)14(18)11-6-5-10(15)7-12(11)19-3/h5-7,9H,8H2,1-4H3. The molecule has 0 aromatic heterocycles. The van der Waals surface area contributed by atoms with E-state index in [1.165, 1.54) is 19.1 Å². The topological polar surface area (TPSA) is 55.8 Å². The van der Waals surface area contributed by atoms with E-state index in [2.05, 4.69) is 4.74 Å². The molecule has 1 aromatic rings. The molecule has 20 heavy (non-hydrogen) atoms. The lowest BCUT2D eigenvalue weighted by atomic mass is 10.1. The maximum absolute atomic E-state index is 12.5. The van der Waals surface area contributed by atoms with Crippen LogP contribution in [0, 0.1) is 0 Å². The van der Waals surface area contributed by atoms with Gasteiger partial charge >= 0.3 is 5.97 Å². The largest absolute Gasteiger partial charge is 0.496 e. The van der Waals surface area contributed by atoms with Crippen molar-refractivity contribution in [2.24, 2.45) is 0 Å². The first-order valence-corrected chi connectivity index (χ1v) is 6.49. The molecule has 0 saturated heterocycles. The minimum absolute atomic E-state index is 0.112. The van der Waals surface area contributed by atoms with Crippen LogP contribution in [-0.4, -0.2) is 43.6 Å². The Morgan fingerprint density at radius 3 is 2.45 bits per heavy atom. The van der Waals surface area contributed by atoms with E-state index in [1.54, 1.807) is 18.2 Å². The molecule has 1 aromatic carbocycles. The van der Waals surface area contributed by atoms with Gasteiger partial charge in [-0.05, 0) is 32.0 Å². The molecule has 0 aliphatic carbocycles. The maximum atomic E-state index is 12.5. The highest BCUT2D eigenvalue weighted by Crippen LogP contribution is 2.25. The fraction of sp³-hybridized carbons (Fsp3) is 0.429. The summed E-state index contributed by atoms with van der Waals surface area (Å²) in [4.78, 5) is 25.3.